The Morgan fingerprint density at radius 3 is 2.48 bits per heavy atom. The number of nitrogens with zero attached hydrogens (tertiary/aromatic N) is 1. The molecule has 1 amide bonds. The summed E-state index contributed by atoms with van der Waals surface area (Å²) in [6.45, 7) is 4.57. The quantitative estimate of drug-likeness (QED) is 0.919. The van der Waals surface area contributed by atoms with Crippen LogP contribution in [0.1, 0.15) is 27.9 Å². The Kier molecular flexibility index (Phi) is 4.32. The van der Waals surface area contributed by atoms with Crippen molar-refractivity contribution >= 4 is 11.9 Å². The van der Waals surface area contributed by atoms with Gasteiger partial charge in [0.05, 0.1) is 6.61 Å². The number of aliphatic carboxylic acids is 1. The zero-order valence-corrected chi connectivity index (χ0v) is 12.7. The summed E-state index contributed by atoms with van der Waals surface area (Å²) < 4.78 is 5.05. The number of aryl methyl sites for hydroxylation is 2. The Morgan fingerprint density at radius 1 is 1.33 bits per heavy atom. The van der Waals surface area contributed by atoms with E-state index in [0.717, 1.165) is 11.1 Å². The van der Waals surface area contributed by atoms with Crippen molar-refractivity contribution in [1.29, 1.82) is 0 Å². The van der Waals surface area contributed by atoms with Gasteiger partial charge >= 0.3 is 5.97 Å². The van der Waals surface area contributed by atoms with Gasteiger partial charge in [-0.15, -0.1) is 0 Å². The topological polar surface area (TPSA) is 66.8 Å². The van der Waals surface area contributed by atoms with Crippen LogP contribution in [0.4, 0.5) is 0 Å². The first kappa shape index (κ1) is 15.5. The number of amides is 1. The van der Waals surface area contributed by atoms with E-state index in [2.05, 4.69) is 0 Å². The zero-order chi connectivity index (χ0) is 15.6. The average molecular weight is 291 g/mol. The van der Waals surface area contributed by atoms with Gasteiger partial charge in [-0.05, 0) is 31.4 Å². The summed E-state index contributed by atoms with van der Waals surface area (Å²) in [7, 11) is 1.49. The molecule has 1 aliphatic heterocycles. The number of carboxylic acids is 1. The first-order valence-corrected chi connectivity index (χ1v) is 6.99. The van der Waals surface area contributed by atoms with Gasteiger partial charge in [-0.3, -0.25) is 9.59 Å². The van der Waals surface area contributed by atoms with Crippen LogP contribution < -0.4 is 0 Å². The van der Waals surface area contributed by atoms with Crippen LogP contribution in [0.25, 0.3) is 0 Å². The molecular formula is C16H21NO4. The van der Waals surface area contributed by atoms with Crippen molar-refractivity contribution in [2.45, 2.75) is 20.3 Å². The molecule has 0 spiro atoms. The van der Waals surface area contributed by atoms with Gasteiger partial charge in [0.1, 0.15) is 5.41 Å². The molecule has 1 fully saturated rings. The highest BCUT2D eigenvalue weighted by molar-refractivity contribution is 5.97. The average Bonchev–Trinajstić information content (AvgIpc) is 2.84. The van der Waals surface area contributed by atoms with Crippen molar-refractivity contribution < 1.29 is 19.4 Å². The molecule has 1 aromatic rings. The van der Waals surface area contributed by atoms with Gasteiger partial charge in [0.25, 0.3) is 5.91 Å². The summed E-state index contributed by atoms with van der Waals surface area (Å²) in [5.74, 6) is -0.994. The number of likely N-dealkylation sites (tertiary alicyclic amines) is 1. The van der Waals surface area contributed by atoms with Gasteiger partial charge in [-0.2, -0.15) is 0 Å². The number of carbonyl (C=O) groups excluding carboxylic acids is 1. The van der Waals surface area contributed by atoms with Crippen LogP contribution >= 0.6 is 0 Å². The molecule has 1 aromatic carbocycles. The summed E-state index contributed by atoms with van der Waals surface area (Å²) in [5.41, 5.74) is 1.52. The molecule has 5 heteroatoms. The molecule has 1 unspecified atom stereocenters. The lowest BCUT2D eigenvalue weighted by Gasteiger charge is -2.24. The molecule has 0 aromatic heterocycles. The highest BCUT2D eigenvalue weighted by Gasteiger charge is 2.46. The third kappa shape index (κ3) is 2.78. The second-order valence-corrected chi connectivity index (χ2v) is 5.76. The van der Waals surface area contributed by atoms with E-state index >= 15 is 0 Å². The Labute approximate surface area is 124 Å². The van der Waals surface area contributed by atoms with Gasteiger partial charge in [-0.25, -0.2) is 0 Å². The largest absolute Gasteiger partial charge is 0.481 e. The Morgan fingerprint density at radius 2 is 1.95 bits per heavy atom. The molecule has 0 saturated carbocycles. The lowest BCUT2D eigenvalue weighted by Crippen LogP contribution is -2.40. The molecule has 1 saturated heterocycles. The van der Waals surface area contributed by atoms with Crippen molar-refractivity contribution in [3.05, 3.63) is 34.9 Å². The van der Waals surface area contributed by atoms with E-state index in [4.69, 9.17) is 4.74 Å². The minimum atomic E-state index is -0.985. The normalized spacial score (nSPS) is 21.6. The SMILES string of the molecule is COCC1(C(=O)O)CCN(C(=O)c2c(C)cccc2C)C1. The van der Waals surface area contributed by atoms with Crippen molar-refractivity contribution in [3.63, 3.8) is 0 Å². The summed E-state index contributed by atoms with van der Waals surface area (Å²) >= 11 is 0. The number of methoxy groups -OCH3 is 1. The molecular weight excluding hydrogens is 270 g/mol. The summed E-state index contributed by atoms with van der Waals surface area (Å²) in [6.07, 6.45) is 0.423. The van der Waals surface area contributed by atoms with E-state index < -0.39 is 11.4 Å². The van der Waals surface area contributed by atoms with E-state index in [-0.39, 0.29) is 19.1 Å². The third-order valence-corrected chi connectivity index (χ3v) is 4.21. The Balaban J connectivity index is 2.25. The predicted molar refractivity (Wildman–Crippen MR) is 78.4 cm³/mol. The molecule has 114 valence electrons. The number of carbonyl (C=O) groups is 2. The molecule has 1 heterocycles. The highest BCUT2D eigenvalue weighted by atomic mass is 16.5. The lowest BCUT2D eigenvalue weighted by molar-refractivity contribution is -0.151. The van der Waals surface area contributed by atoms with Crippen LogP contribution in [-0.4, -0.2) is 48.7 Å². The smallest absolute Gasteiger partial charge is 0.313 e. The molecule has 21 heavy (non-hydrogen) atoms. The fraction of sp³-hybridized carbons (Fsp3) is 0.500. The second kappa shape index (κ2) is 5.85. The van der Waals surface area contributed by atoms with Crippen LogP contribution in [0, 0.1) is 19.3 Å². The molecule has 5 nitrogen and oxygen atoms in total. The standard InChI is InChI=1S/C16H21NO4/c1-11-5-4-6-12(2)13(11)14(18)17-8-7-16(9-17,10-21-3)15(19)20/h4-6H,7-10H2,1-3H3,(H,19,20). The number of hydrogen-bond acceptors (Lipinski definition) is 3. The maximum absolute atomic E-state index is 12.7. The third-order valence-electron chi connectivity index (χ3n) is 4.21. The summed E-state index contributed by atoms with van der Waals surface area (Å²) in [6, 6.07) is 5.71. The van der Waals surface area contributed by atoms with Crippen LogP contribution in [-0.2, 0) is 9.53 Å². The van der Waals surface area contributed by atoms with Crippen molar-refractivity contribution in [3.8, 4) is 0 Å². The maximum Gasteiger partial charge on any atom is 0.313 e. The predicted octanol–water partition coefficient (Wildman–Crippen LogP) is 1.87. The van der Waals surface area contributed by atoms with E-state index in [1.165, 1.54) is 7.11 Å². The lowest BCUT2D eigenvalue weighted by atomic mass is 9.88. The monoisotopic (exact) mass is 291 g/mol. The number of carboxylic acid groups (broad SMARTS) is 1. The van der Waals surface area contributed by atoms with E-state index in [0.29, 0.717) is 18.5 Å². The number of benzene rings is 1. The zero-order valence-electron chi connectivity index (χ0n) is 12.7. The van der Waals surface area contributed by atoms with E-state index in [1.807, 2.05) is 32.0 Å². The molecule has 0 radical (unpaired) electrons. The van der Waals surface area contributed by atoms with Gasteiger partial charge < -0.3 is 14.7 Å². The van der Waals surface area contributed by atoms with Crippen LogP contribution in [0.15, 0.2) is 18.2 Å². The van der Waals surface area contributed by atoms with Gasteiger partial charge in [-0.1, -0.05) is 18.2 Å². The van der Waals surface area contributed by atoms with Crippen LogP contribution in [0.2, 0.25) is 0 Å². The van der Waals surface area contributed by atoms with Gasteiger partial charge in [0, 0.05) is 25.8 Å². The second-order valence-electron chi connectivity index (χ2n) is 5.76. The van der Waals surface area contributed by atoms with Gasteiger partial charge in [0.15, 0.2) is 0 Å². The molecule has 1 aliphatic rings. The highest BCUT2D eigenvalue weighted by Crippen LogP contribution is 2.32. The van der Waals surface area contributed by atoms with Crippen molar-refractivity contribution in [2.75, 3.05) is 26.8 Å². The minimum absolute atomic E-state index is 0.0928. The van der Waals surface area contributed by atoms with Crippen LogP contribution in [0.3, 0.4) is 0 Å². The molecule has 0 aliphatic carbocycles. The fourth-order valence-corrected chi connectivity index (χ4v) is 2.99. The number of ether oxygens (including phenoxy) is 1. The van der Waals surface area contributed by atoms with E-state index in [1.54, 1.807) is 4.90 Å². The maximum atomic E-state index is 12.7. The minimum Gasteiger partial charge on any atom is -0.481 e. The molecule has 2 rings (SSSR count). The van der Waals surface area contributed by atoms with Crippen molar-refractivity contribution in [1.82, 2.24) is 4.90 Å². The first-order chi connectivity index (χ1) is 9.91. The number of hydrogen-bond donors (Lipinski definition) is 1. The fourth-order valence-electron chi connectivity index (χ4n) is 2.99. The number of rotatable bonds is 4. The molecule has 1 atom stereocenters. The first-order valence-electron chi connectivity index (χ1n) is 6.99. The molecule has 1 N–H and O–H groups in total. The summed E-state index contributed by atoms with van der Waals surface area (Å²) in [4.78, 5) is 25.9. The Hall–Kier alpha value is -1.88. The van der Waals surface area contributed by atoms with Gasteiger partial charge in [0.2, 0.25) is 0 Å². The van der Waals surface area contributed by atoms with Crippen molar-refractivity contribution in [2.24, 2.45) is 5.41 Å². The Bertz CT molecular complexity index is 549. The summed E-state index contributed by atoms with van der Waals surface area (Å²) in [5, 5.41) is 9.46. The van der Waals surface area contributed by atoms with E-state index in [9.17, 15) is 14.7 Å². The molecule has 0 bridgehead atoms. The van der Waals surface area contributed by atoms with Crippen LogP contribution in [0.5, 0.6) is 0 Å².